The molecule has 0 aromatic heterocycles. The Hall–Kier alpha value is -3.33. The Morgan fingerprint density at radius 3 is 1.24 bits per heavy atom. The van der Waals surface area contributed by atoms with Gasteiger partial charge in [-0.3, -0.25) is 18.6 Å². The number of nitrogens with one attached hydrogen (secondary N) is 1. The van der Waals surface area contributed by atoms with Crippen LogP contribution in [0.25, 0.3) is 0 Å². The molecular weight excluding hydrogens is 1000 g/mol. The number of likely N-dealkylation sites (N-methyl/N-ethyl adjacent to an activating group) is 1. The highest BCUT2D eigenvalue weighted by atomic mass is 31.2. The first kappa shape index (κ1) is 75.7. The predicted molar refractivity (Wildman–Crippen MR) is 341 cm³/mol. The number of rotatable bonds is 57. The summed E-state index contributed by atoms with van der Waals surface area (Å²) in [4.78, 5) is 37.8. The topological polar surface area (TPSA) is 111 Å². The van der Waals surface area contributed by atoms with E-state index >= 15 is 0 Å². The third kappa shape index (κ3) is 59.1. The van der Waals surface area contributed by atoms with Crippen LogP contribution in [0.1, 0.15) is 265 Å². The van der Waals surface area contributed by atoms with Crippen LogP contribution in [0, 0.1) is 0 Å². The maximum absolute atomic E-state index is 13.6. The molecule has 0 heterocycles. The van der Waals surface area contributed by atoms with Gasteiger partial charge in [-0.05, 0) is 115 Å². The van der Waals surface area contributed by atoms with Crippen LogP contribution < -0.4 is 5.32 Å². The summed E-state index contributed by atoms with van der Waals surface area (Å²) in [6.07, 6.45) is 79.4. The largest absolute Gasteiger partial charge is 0.472 e. The lowest BCUT2D eigenvalue weighted by Crippen LogP contribution is -2.47. The zero-order chi connectivity index (χ0) is 57.9. The van der Waals surface area contributed by atoms with E-state index in [4.69, 9.17) is 13.8 Å². The van der Waals surface area contributed by atoms with Gasteiger partial charge in [0.2, 0.25) is 5.91 Å². The van der Waals surface area contributed by atoms with Crippen LogP contribution in [-0.2, 0) is 27.9 Å². The summed E-state index contributed by atoms with van der Waals surface area (Å²) in [6, 6.07) is -0.867. The molecule has 10 heteroatoms. The second-order valence-electron chi connectivity index (χ2n) is 22.5. The van der Waals surface area contributed by atoms with Gasteiger partial charge in [0.25, 0.3) is 0 Å². The van der Waals surface area contributed by atoms with E-state index in [1.165, 1.54) is 103 Å². The fraction of sp³-hybridized carbons (Fsp3) is 0.710. The molecule has 0 aliphatic heterocycles. The van der Waals surface area contributed by atoms with Crippen molar-refractivity contribution in [2.75, 3.05) is 40.9 Å². The molecule has 0 aliphatic carbocycles. The van der Waals surface area contributed by atoms with Crippen LogP contribution in [0.3, 0.4) is 0 Å². The standard InChI is InChI=1S/C69H121N2O7P/c1-7-10-13-16-19-22-25-27-29-31-33-34-35-36-38-39-41-43-46-49-52-55-58-61-68(72)70-66(65-77-79(74,75)76-64-63-71(4,5)6)67(60-57-54-51-48-45-24-21-18-15-12-9-3)78-69(73)62-59-56-53-50-47-44-42-40-37-32-30-28-26-23-20-17-14-11-8-2/h10,13,19-20,22-23,27-30,33-34,36-38,40,57,60,66-67H,7-9,11-12,14-18,21,24-26,31-32,35,39,41-56,58-59,61-65H2,1-6H3,(H-,70,72,74,75)/p+1/b13-10-,22-19-,23-20-,29-27-,30-28-,34-33-,38-36-,40-37-,60-57-. The Bertz CT molecular complexity index is 1720. The Balaban J connectivity index is 5.22. The van der Waals surface area contributed by atoms with Gasteiger partial charge in [0.15, 0.2) is 0 Å². The van der Waals surface area contributed by atoms with E-state index in [0.29, 0.717) is 17.4 Å². The average Bonchev–Trinajstić information content (AvgIpc) is 3.41. The third-order valence-corrected chi connectivity index (χ3v) is 14.7. The van der Waals surface area contributed by atoms with Gasteiger partial charge < -0.3 is 19.4 Å². The highest BCUT2D eigenvalue weighted by Gasteiger charge is 2.30. The molecule has 0 aromatic rings. The zero-order valence-electron chi connectivity index (χ0n) is 51.8. The first-order valence-electron chi connectivity index (χ1n) is 32.2. The highest BCUT2D eigenvalue weighted by molar-refractivity contribution is 7.47. The number of phosphoric ester groups is 1. The maximum atomic E-state index is 13.6. The second kappa shape index (κ2) is 57.9. The second-order valence-corrected chi connectivity index (χ2v) is 24.0. The molecule has 79 heavy (non-hydrogen) atoms. The molecule has 0 aliphatic rings. The number of allylic oxidation sites excluding steroid dienone is 17. The Kier molecular flexibility index (Phi) is 55.4. The molecule has 2 N–H and O–H groups in total. The van der Waals surface area contributed by atoms with E-state index in [1.807, 2.05) is 33.3 Å². The number of esters is 1. The molecule has 454 valence electrons. The molecule has 0 saturated carbocycles. The smallest absolute Gasteiger partial charge is 0.456 e. The van der Waals surface area contributed by atoms with Gasteiger partial charge in [0.1, 0.15) is 19.3 Å². The van der Waals surface area contributed by atoms with Gasteiger partial charge in [-0.2, -0.15) is 0 Å². The predicted octanol–water partition coefficient (Wildman–Crippen LogP) is 20.1. The summed E-state index contributed by atoms with van der Waals surface area (Å²) < 4.78 is 30.7. The number of quaternary nitrogens is 1. The number of carbonyl (C=O) groups excluding carboxylic acids is 2. The van der Waals surface area contributed by atoms with Crippen LogP contribution >= 0.6 is 7.82 Å². The minimum absolute atomic E-state index is 0.0300. The summed E-state index contributed by atoms with van der Waals surface area (Å²) in [5, 5.41) is 3.05. The van der Waals surface area contributed by atoms with Crippen LogP contribution in [0.2, 0.25) is 0 Å². The van der Waals surface area contributed by atoms with Gasteiger partial charge in [-0.25, -0.2) is 4.57 Å². The van der Waals surface area contributed by atoms with Gasteiger partial charge in [0.05, 0.1) is 33.8 Å². The molecular formula is C69H122N2O7P+. The lowest BCUT2D eigenvalue weighted by Gasteiger charge is -2.27. The lowest BCUT2D eigenvalue weighted by atomic mass is 10.1. The number of phosphoric acid groups is 1. The van der Waals surface area contributed by atoms with Crippen LogP contribution in [0.15, 0.2) is 109 Å². The Morgan fingerprint density at radius 2 is 0.810 bits per heavy atom. The Morgan fingerprint density at radius 1 is 0.456 bits per heavy atom. The molecule has 9 nitrogen and oxygen atoms in total. The summed E-state index contributed by atoms with van der Waals surface area (Å²) in [7, 11) is 1.47. The first-order chi connectivity index (χ1) is 38.4. The van der Waals surface area contributed by atoms with Crippen molar-refractivity contribution in [3.8, 4) is 0 Å². The number of ether oxygens (including phenoxy) is 1. The number of hydrogen-bond acceptors (Lipinski definition) is 6. The monoisotopic (exact) mass is 1120 g/mol. The van der Waals surface area contributed by atoms with Gasteiger partial charge in [-0.1, -0.05) is 246 Å². The van der Waals surface area contributed by atoms with Crippen molar-refractivity contribution in [1.29, 1.82) is 0 Å². The van der Waals surface area contributed by atoms with E-state index in [1.54, 1.807) is 0 Å². The minimum atomic E-state index is -4.46. The zero-order valence-corrected chi connectivity index (χ0v) is 52.7. The molecule has 0 spiro atoms. The molecule has 1 amide bonds. The van der Waals surface area contributed by atoms with Crippen LogP contribution in [-0.4, -0.2) is 74.3 Å². The van der Waals surface area contributed by atoms with Gasteiger partial charge in [-0.15, -0.1) is 0 Å². The lowest BCUT2D eigenvalue weighted by molar-refractivity contribution is -0.870. The molecule has 3 atom stereocenters. The minimum Gasteiger partial charge on any atom is -0.456 e. The van der Waals surface area contributed by atoms with Crippen LogP contribution in [0.4, 0.5) is 0 Å². The third-order valence-electron chi connectivity index (χ3n) is 13.7. The maximum Gasteiger partial charge on any atom is 0.472 e. The molecule has 0 radical (unpaired) electrons. The SMILES string of the molecule is CC/C=C\C/C=C\C/C=C\C/C=C\C/C=C\CCCCCCCCCC(=O)NC(COP(=O)(O)OCC[N+](C)(C)C)C(/C=C\CCCCCCCCCCC)OC(=O)CCCCCCCC/C=C\C/C=C\C/C=C\CCCCC. The van der Waals surface area contributed by atoms with Crippen molar-refractivity contribution >= 4 is 19.7 Å². The number of amides is 1. The van der Waals surface area contributed by atoms with Gasteiger partial charge in [0, 0.05) is 12.8 Å². The van der Waals surface area contributed by atoms with E-state index < -0.39 is 20.0 Å². The van der Waals surface area contributed by atoms with Crippen molar-refractivity contribution in [3.63, 3.8) is 0 Å². The van der Waals surface area contributed by atoms with Crippen LogP contribution in [0.5, 0.6) is 0 Å². The summed E-state index contributed by atoms with van der Waals surface area (Å²) in [5.74, 6) is -0.537. The van der Waals surface area contributed by atoms with E-state index in [0.717, 1.165) is 128 Å². The normalized spacial score (nSPS) is 14.4. The number of hydrogen-bond donors (Lipinski definition) is 2. The average molecular weight is 1120 g/mol. The van der Waals surface area contributed by atoms with Crippen molar-refractivity contribution in [3.05, 3.63) is 109 Å². The fourth-order valence-corrected chi connectivity index (χ4v) is 9.47. The molecule has 0 aromatic carbocycles. The molecule has 0 fully saturated rings. The number of carbonyl (C=O) groups is 2. The van der Waals surface area contributed by atoms with E-state index in [-0.39, 0.29) is 31.5 Å². The van der Waals surface area contributed by atoms with Crippen molar-refractivity contribution in [2.24, 2.45) is 0 Å². The number of nitrogens with zero attached hydrogens (tertiary/aromatic N) is 1. The van der Waals surface area contributed by atoms with Gasteiger partial charge >= 0.3 is 13.8 Å². The number of unbranched alkanes of at least 4 members (excludes halogenated alkanes) is 25. The van der Waals surface area contributed by atoms with Crippen molar-refractivity contribution < 1.29 is 37.3 Å². The first-order valence-corrected chi connectivity index (χ1v) is 33.7. The van der Waals surface area contributed by atoms with Crippen molar-refractivity contribution in [2.45, 2.75) is 277 Å². The highest BCUT2D eigenvalue weighted by Crippen LogP contribution is 2.43. The summed E-state index contributed by atoms with van der Waals surface area (Å²) in [6.45, 7) is 6.84. The van der Waals surface area contributed by atoms with Crippen molar-refractivity contribution in [1.82, 2.24) is 5.32 Å². The quantitative estimate of drug-likeness (QED) is 0.0205. The molecule has 0 saturated heterocycles. The molecule has 3 unspecified atom stereocenters. The molecule has 0 rings (SSSR count). The fourth-order valence-electron chi connectivity index (χ4n) is 8.74. The summed E-state index contributed by atoms with van der Waals surface area (Å²) >= 11 is 0. The molecule has 0 bridgehead atoms. The summed E-state index contributed by atoms with van der Waals surface area (Å²) in [5.41, 5.74) is 0. The Labute approximate surface area is 487 Å². The van der Waals surface area contributed by atoms with E-state index in [2.05, 4.69) is 123 Å². The van der Waals surface area contributed by atoms with E-state index in [9.17, 15) is 19.0 Å².